The highest BCUT2D eigenvalue weighted by Gasteiger charge is 2.25. The fourth-order valence-electron chi connectivity index (χ4n) is 3.47. The predicted octanol–water partition coefficient (Wildman–Crippen LogP) is 3.77. The molecule has 1 aliphatic rings. The van der Waals surface area contributed by atoms with Crippen molar-refractivity contribution >= 4 is 17.0 Å². The molecule has 1 fully saturated rings. The second kappa shape index (κ2) is 5.35. The summed E-state index contributed by atoms with van der Waals surface area (Å²) in [6, 6.07) is 6.45. The summed E-state index contributed by atoms with van der Waals surface area (Å²) < 4.78 is 7.56. The Hall–Kier alpha value is -1.71. The van der Waals surface area contributed by atoms with Gasteiger partial charge in [-0.15, -0.1) is 0 Å². The van der Waals surface area contributed by atoms with Gasteiger partial charge in [0.2, 0.25) is 5.95 Å². The minimum atomic E-state index is 0.478. The number of hydrogen-bond donors (Lipinski definition) is 1. The molecule has 4 nitrogen and oxygen atoms in total. The van der Waals surface area contributed by atoms with Crippen molar-refractivity contribution in [1.82, 2.24) is 9.55 Å². The van der Waals surface area contributed by atoms with Gasteiger partial charge in [-0.2, -0.15) is 0 Å². The third-order valence-electron chi connectivity index (χ3n) is 4.62. The van der Waals surface area contributed by atoms with Crippen LogP contribution >= 0.6 is 0 Å². The summed E-state index contributed by atoms with van der Waals surface area (Å²) in [7, 11) is 1.69. The first-order chi connectivity index (χ1) is 9.72. The molecule has 1 saturated carbocycles. The quantitative estimate of drug-likeness (QED) is 0.926. The highest BCUT2D eigenvalue weighted by atomic mass is 16.5. The Kier molecular flexibility index (Phi) is 3.55. The van der Waals surface area contributed by atoms with Crippen LogP contribution in [-0.4, -0.2) is 16.7 Å². The van der Waals surface area contributed by atoms with Crippen molar-refractivity contribution in [2.45, 2.75) is 45.1 Å². The van der Waals surface area contributed by atoms with E-state index in [-0.39, 0.29) is 0 Å². The van der Waals surface area contributed by atoms with E-state index < -0.39 is 0 Å². The van der Waals surface area contributed by atoms with Crippen LogP contribution in [0.1, 0.15) is 45.1 Å². The molecule has 0 saturated heterocycles. The molecule has 0 radical (unpaired) electrons. The van der Waals surface area contributed by atoms with Gasteiger partial charge in [-0.1, -0.05) is 26.2 Å². The van der Waals surface area contributed by atoms with Gasteiger partial charge in [0.15, 0.2) is 0 Å². The van der Waals surface area contributed by atoms with Crippen LogP contribution in [0.3, 0.4) is 0 Å². The van der Waals surface area contributed by atoms with Crippen LogP contribution in [0, 0.1) is 5.92 Å². The number of imidazole rings is 1. The number of hydrogen-bond acceptors (Lipinski definition) is 3. The zero-order chi connectivity index (χ0) is 14.1. The van der Waals surface area contributed by atoms with Crippen molar-refractivity contribution < 1.29 is 4.74 Å². The molecule has 1 aromatic heterocycles. The van der Waals surface area contributed by atoms with Gasteiger partial charge in [0, 0.05) is 12.1 Å². The highest BCUT2D eigenvalue weighted by Crippen LogP contribution is 2.38. The van der Waals surface area contributed by atoms with Gasteiger partial charge in [0.1, 0.15) is 5.75 Å². The lowest BCUT2D eigenvalue weighted by Gasteiger charge is -2.30. The molecule has 1 heterocycles. The fourth-order valence-corrected chi connectivity index (χ4v) is 3.47. The second-order valence-electron chi connectivity index (χ2n) is 5.79. The largest absolute Gasteiger partial charge is 0.497 e. The van der Waals surface area contributed by atoms with Crippen LogP contribution in [-0.2, 0) is 0 Å². The van der Waals surface area contributed by atoms with Crippen LogP contribution in [0.25, 0.3) is 11.0 Å². The monoisotopic (exact) mass is 273 g/mol. The van der Waals surface area contributed by atoms with Crippen molar-refractivity contribution in [3.63, 3.8) is 0 Å². The van der Waals surface area contributed by atoms with Crippen molar-refractivity contribution in [3.05, 3.63) is 18.2 Å². The van der Waals surface area contributed by atoms with Crippen LogP contribution in [0.5, 0.6) is 5.75 Å². The van der Waals surface area contributed by atoms with Gasteiger partial charge >= 0.3 is 0 Å². The lowest BCUT2D eigenvalue weighted by atomic mass is 9.84. The smallest absolute Gasteiger partial charge is 0.201 e. The zero-order valence-corrected chi connectivity index (χ0v) is 12.3. The molecule has 108 valence electrons. The van der Waals surface area contributed by atoms with E-state index in [4.69, 9.17) is 10.5 Å². The molecular formula is C16H23N3O. The molecule has 4 heteroatoms. The number of nitrogens with zero attached hydrogens (tertiary/aromatic N) is 2. The van der Waals surface area contributed by atoms with Crippen LogP contribution in [0.2, 0.25) is 0 Å². The fraction of sp³-hybridized carbons (Fsp3) is 0.562. The third-order valence-corrected chi connectivity index (χ3v) is 4.62. The van der Waals surface area contributed by atoms with Crippen molar-refractivity contribution in [2.24, 2.45) is 5.92 Å². The van der Waals surface area contributed by atoms with Crippen LogP contribution < -0.4 is 10.5 Å². The maximum atomic E-state index is 6.17. The predicted molar refractivity (Wildman–Crippen MR) is 82.0 cm³/mol. The summed E-state index contributed by atoms with van der Waals surface area (Å²) in [4.78, 5) is 4.50. The van der Waals surface area contributed by atoms with Gasteiger partial charge in [0.25, 0.3) is 0 Å². The lowest BCUT2D eigenvalue weighted by Crippen LogP contribution is -2.20. The number of rotatable bonds is 3. The summed E-state index contributed by atoms with van der Waals surface area (Å²) >= 11 is 0. The number of nitrogen functional groups attached to an aromatic ring is 1. The number of benzene rings is 1. The summed E-state index contributed by atoms with van der Waals surface area (Å²) in [5.74, 6) is 2.31. The summed E-state index contributed by atoms with van der Waals surface area (Å²) in [5.41, 5.74) is 8.23. The maximum Gasteiger partial charge on any atom is 0.201 e. The Morgan fingerprint density at radius 2 is 2.25 bits per heavy atom. The Morgan fingerprint density at radius 1 is 1.40 bits per heavy atom. The molecule has 2 N–H and O–H groups in total. The molecule has 3 rings (SSSR count). The topological polar surface area (TPSA) is 53.1 Å². The first-order valence-electron chi connectivity index (χ1n) is 7.54. The number of nitrogens with two attached hydrogens (primary N) is 1. The molecule has 0 spiro atoms. The van der Waals surface area contributed by atoms with Gasteiger partial charge in [0.05, 0.1) is 18.1 Å². The van der Waals surface area contributed by atoms with Crippen molar-refractivity contribution in [2.75, 3.05) is 12.8 Å². The molecule has 1 aromatic carbocycles. The normalized spacial score (nSPS) is 23.1. The first-order valence-corrected chi connectivity index (χ1v) is 7.54. The summed E-state index contributed by atoms with van der Waals surface area (Å²) in [5, 5.41) is 0. The first kappa shape index (κ1) is 13.3. The molecule has 20 heavy (non-hydrogen) atoms. The Balaban J connectivity index is 2.03. The van der Waals surface area contributed by atoms with E-state index in [1.54, 1.807) is 7.11 Å². The van der Waals surface area contributed by atoms with Crippen molar-refractivity contribution in [1.29, 1.82) is 0 Å². The number of anilines is 1. The van der Waals surface area contributed by atoms with Crippen LogP contribution in [0.4, 0.5) is 5.95 Å². The van der Waals surface area contributed by atoms with Gasteiger partial charge < -0.3 is 15.0 Å². The average Bonchev–Trinajstić information content (AvgIpc) is 2.82. The van der Waals surface area contributed by atoms with E-state index in [9.17, 15) is 0 Å². The molecule has 0 amide bonds. The van der Waals surface area contributed by atoms with E-state index in [1.807, 2.05) is 18.2 Å². The standard InChI is InChI=1S/C16H23N3O/c1-3-11-5-4-6-12(9-11)19-15-10-13(20-2)7-8-14(15)18-16(19)17/h7-8,10-12H,3-6,9H2,1-2H3,(H2,17,18). The molecule has 2 aromatic rings. The molecule has 2 atom stereocenters. The van der Waals surface area contributed by atoms with E-state index >= 15 is 0 Å². The SMILES string of the molecule is CCC1CCCC(n2c(N)nc3ccc(OC)cc32)C1. The van der Waals surface area contributed by atoms with Gasteiger partial charge in [-0.25, -0.2) is 4.98 Å². The summed E-state index contributed by atoms with van der Waals surface area (Å²) in [6.45, 7) is 2.28. The molecule has 0 aliphatic heterocycles. The highest BCUT2D eigenvalue weighted by molar-refractivity contribution is 5.80. The molecule has 0 bridgehead atoms. The number of methoxy groups -OCH3 is 1. The lowest BCUT2D eigenvalue weighted by molar-refractivity contribution is 0.267. The number of aromatic nitrogens is 2. The van der Waals surface area contributed by atoms with Gasteiger partial charge in [-0.3, -0.25) is 0 Å². The van der Waals surface area contributed by atoms with E-state index in [1.165, 1.54) is 32.1 Å². The Morgan fingerprint density at radius 3 is 3.00 bits per heavy atom. The average molecular weight is 273 g/mol. The second-order valence-corrected chi connectivity index (χ2v) is 5.79. The number of ether oxygens (including phenoxy) is 1. The Labute approximate surface area is 119 Å². The minimum absolute atomic E-state index is 0.478. The molecule has 2 unspecified atom stereocenters. The van der Waals surface area contributed by atoms with E-state index in [0.29, 0.717) is 12.0 Å². The third kappa shape index (κ3) is 2.23. The number of fused-ring (bicyclic) bond motifs is 1. The van der Waals surface area contributed by atoms with E-state index in [0.717, 1.165) is 22.7 Å². The molecule has 1 aliphatic carbocycles. The van der Waals surface area contributed by atoms with Crippen molar-refractivity contribution in [3.8, 4) is 5.75 Å². The Bertz CT molecular complexity index is 605. The minimum Gasteiger partial charge on any atom is -0.497 e. The van der Waals surface area contributed by atoms with E-state index in [2.05, 4.69) is 16.5 Å². The summed E-state index contributed by atoms with van der Waals surface area (Å²) in [6.07, 6.45) is 6.30. The maximum absolute atomic E-state index is 6.17. The van der Waals surface area contributed by atoms with Crippen LogP contribution in [0.15, 0.2) is 18.2 Å². The van der Waals surface area contributed by atoms with Gasteiger partial charge in [-0.05, 0) is 30.9 Å². The molecular weight excluding hydrogens is 250 g/mol. The zero-order valence-electron chi connectivity index (χ0n) is 12.3.